The van der Waals surface area contributed by atoms with Crippen molar-refractivity contribution in [2.75, 3.05) is 24.6 Å². The minimum Gasteiger partial charge on any atom is -0.398 e. The second-order valence-electron chi connectivity index (χ2n) is 4.14. The van der Waals surface area contributed by atoms with Crippen molar-refractivity contribution < 1.29 is 4.79 Å². The number of nitrogens with two attached hydrogens (primary N) is 1. The summed E-state index contributed by atoms with van der Waals surface area (Å²) in [5.41, 5.74) is 7.39. The fourth-order valence-corrected chi connectivity index (χ4v) is 1.39. The quantitative estimate of drug-likeness (QED) is 0.825. The largest absolute Gasteiger partial charge is 0.398 e. The number of aryl methyl sites for hydroxylation is 1. The predicted molar refractivity (Wildman–Crippen MR) is 69.8 cm³/mol. The van der Waals surface area contributed by atoms with E-state index in [1.807, 2.05) is 20.8 Å². The maximum atomic E-state index is 11.8. The van der Waals surface area contributed by atoms with Crippen LogP contribution in [-0.4, -0.2) is 35.4 Å². The molecule has 0 saturated heterocycles. The van der Waals surface area contributed by atoms with Gasteiger partial charge in [0.05, 0.1) is 0 Å². The van der Waals surface area contributed by atoms with Gasteiger partial charge in [0.15, 0.2) is 0 Å². The van der Waals surface area contributed by atoms with Crippen molar-refractivity contribution in [2.24, 2.45) is 0 Å². The van der Waals surface area contributed by atoms with Gasteiger partial charge in [-0.3, -0.25) is 4.79 Å². The first-order valence-electron chi connectivity index (χ1n) is 5.69. The topological polar surface area (TPSA) is 71.2 Å². The molecular weight excluding hydrogens is 216 g/mol. The normalized spacial score (nSPS) is 12.0. The third-order valence-corrected chi connectivity index (χ3v) is 2.73. The van der Waals surface area contributed by atoms with Crippen molar-refractivity contribution >= 4 is 17.4 Å². The highest BCUT2D eigenvalue weighted by molar-refractivity contribution is 5.83. The summed E-state index contributed by atoms with van der Waals surface area (Å²) >= 11 is 0. The molecule has 1 rings (SSSR count). The lowest BCUT2D eigenvalue weighted by molar-refractivity contribution is -0.130. The Morgan fingerprint density at radius 1 is 1.65 bits per heavy atom. The minimum absolute atomic E-state index is 0.0356. The molecule has 1 heterocycles. The van der Waals surface area contributed by atoms with Crippen LogP contribution in [0.4, 0.5) is 11.5 Å². The van der Waals surface area contributed by atoms with Crippen molar-refractivity contribution in [3.05, 3.63) is 17.8 Å². The van der Waals surface area contributed by atoms with Crippen LogP contribution in [0, 0.1) is 6.92 Å². The molecule has 0 spiro atoms. The second-order valence-corrected chi connectivity index (χ2v) is 4.14. The van der Waals surface area contributed by atoms with E-state index >= 15 is 0 Å². The zero-order valence-electron chi connectivity index (χ0n) is 10.8. The van der Waals surface area contributed by atoms with Gasteiger partial charge in [-0.05, 0) is 26.3 Å². The van der Waals surface area contributed by atoms with E-state index in [-0.39, 0.29) is 11.9 Å². The Labute approximate surface area is 102 Å². The molecule has 5 nitrogen and oxygen atoms in total. The average molecular weight is 236 g/mol. The average Bonchev–Trinajstić information content (AvgIpc) is 2.31. The van der Waals surface area contributed by atoms with Gasteiger partial charge in [-0.15, -0.1) is 0 Å². The maximum absolute atomic E-state index is 11.8. The lowest BCUT2D eigenvalue weighted by atomic mass is 10.2. The number of pyridine rings is 1. The highest BCUT2D eigenvalue weighted by Crippen LogP contribution is 2.14. The smallest absolute Gasteiger partial charge is 0.244 e. The van der Waals surface area contributed by atoms with E-state index in [2.05, 4.69) is 10.3 Å². The van der Waals surface area contributed by atoms with Crippen LogP contribution >= 0.6 is 0 Å². The van der Waals surface area contributed by atoms with Crippen LogP contribution in [0.3, 0.4) is 0 Å². The number of anilines is 2. The Morgan fingerprint density at radius 2 is 2.29 bits per heavy atom. The summed E-state index contributed by atoms with van der Waals surface area (Å²) in [7, 11) is 1.78. The molecular formula is C12H20N4O. The molecule has 0 aliphatic rings. The molecule has 94 valence electrons. The van der Waals surface area contributed by atoms with Crippen LogP contribution in [-0.2, 0) is 4.79 Å². The Kier molecular flexibility index (Phi) is 4.31. The number of nitrogens with zero attached hydrogens (tertiary/aromatic N) is 2. The second kappa shape index (κ2) is 5.52. The molecule has 3 N–H and O–H groups in total. The number of carbonyl (C=O) groups excluding carboxylic acids is 1. The van der Waals surface area contributed by atoms with Gasteiger partial charge in [-0.1, -0.05) is 0 Å². The standard InChI is InChI=1S/C12H20N4O/c1-5-16(4)12(17)9(3)15-11-6-10(13)8(2)7-14-11/h6-7,9H,5H2,1-4H3,(H3,13,14,15). The van der Waals surface area contributed by atoms with Crippen molar-refractivity contribution in [1.82, 2.24) is 9.88 Å². The molecule has 0 radical (unpaired) electrons. The fourth-order valence-electron chi connectivity index (χ4n) is 1.39. The number of rotatable bonds is 4. The van der Waals surface area contributed by atoms with Gasteiger partial charge in [0.1, 0.15) is 11.9 Å². The van der Waals surface area contributed by atoms with E-state index in [0.29, 0.717) is 18.1 Å². The van der Waals surface area contributed by atoms with Gasteiger partial charge >= 0.3 is 0 Å². The number of nitrogens with one attached hydrogen (secondary N) is 1. The number of aromatic nitrogens is 1. The van der Waals surface area contributed by atoms with E-state index in [1.165, 1.54) is 0 Å². The summed E-state index contributed by atoms with van der Waals surface area (Å²) in [6.07, 6.45) is 1.69. The summed E-state index contributed by atoms with van der Waals surface area (Å²) in [5, 5.41) is 3.04. The Balaban J connectivity index is 2.71. The summed E-state index contributed by atoms with van der Waals surface area (Å²) in [5.74, 6) is 0.659. The zero-order valence-corrected chi connectivity index (χ0v) is 10.8. The number of likely N-dealkylation sites (N-methyl/N-ethyl adjacent to an activating group) is 1. The summed E-state index contributed by atoms with van der Waals surface area (Å²) in [6, 6.07) is 1.43. The number of amides is 1. The Morgan fingerprint density at radius 3 is 2.82 bits per heavy atom. The van der Waals surface area contributed by atoms with Gasteiger partial charge in [-0.2, -0.15) is 0 Å². The van der Waals surface area contributed by atoms with Crippen molar-refractivity contribution in [3.63, 3.8) is 0 Å². The number of hydrogen-bond donors (Lipinski definition) is 2. The van der Waals surface area contributed by atoms with Crippen molar-refractivity contribution in [2.45, 2.75) is 26.8 Å². The molecule has 0 bridgehead atoms. The van der Waals surface area contributed by atoms with Gasteiger partial charge < -0.3 is 16.0 Å². The predicted octanol–water partition coefficient (Wildman–Crippen LogP) is 1.25. The zero-order chi connectivity index (χ0) is 13.0. The molecule has 0 aromatic carbocycles. The molecule has 5 heteroatoms. The van der Waals surface area contributed by atoms with Crippen LogP contribution in [0.5, 0.6) is 0 Å². The van der Waals surface area contributed by atoms with E-state index in [9.17, 15) is 4.79 Å². The van der Waals surface area contributed by atoms with E-state index < -0.39 is 0 Å². The third-order valence-electron chi connectivity index (χ3n) is 2.73. The summed E-state index contributed by atoms with van der Waals surface area (Å²) < 4.78 is 0. The first-order valence-corrected chi connectivity index (χ1v) is 5.69. The molecule has 1 aromatic rings. The number of hydrogen-bond acceptors (Lipinski definition) is 4. The van der Waals surface area contributed by atoms with Crippen LogP contribution in [0.25, 0.3) is 0 Å². The highest BCUT2D eigenvalue weighted by atomic mass is 16.2. The monoisotopic (exact) mass is 236 g/mol. The van der Waals surface area contributed by atoms with Gasteiger partial charge in [0.2, 0.25) is 5.91 Å². The van der Waals surface area contributed by atoms with Crippen molar-refractivity contribution in [3.8, 4) is 0 Å². The van der Waals surface area contributed by atoms with Gasteiger partial charge in [0, 0.05) is 31.5 Å². The van der Waals surface area contributed by atoms with Crippen LogP contribution in [0.1, 0.15) is 19.4 Å². The molecule has 0 saturated carbocycles. The van der Waals surface area contributed by atoms with E-state index in [4.69, 9.17) is 5.73 Å². The molecule has 0 aliphatic carbocycles. The van der Waals surface area contributed by atoms with Crippen molar-refractivity contribution in [1.29, 1.82) is 0 Å². The van der Waals surface area contributed by atoms with Crippen LogP contribution in [0.15, 0.2) is 12.3 Å². The van der Waals surface area contributed by atoms with Gasteiger partial charge in [-0.25, -0.2) is 4.98 Å². The molecule has 1 unspecified atom stereocenters. The first kappa shape index (κ1) is 13.3. The molecule has 1 atom stereocenters. The highest BCUT2D eigenvalue weighted by Gasteiger charge is 2.16. The Hall–Kier alpha value is -1.78. The summed E-state index contributed by atoms with van der Waals surface area (Å²) in [4.78, 5) is 17.7. The minimum atomic E-state index is -0.311. The number of carbonyl (C=O) groups is 1. The van der Waals surface area contributed by atoms with Crippen LogP contribution in [0.2, 0.25) is 0 Å². The van der Waals surface area contributed by atoms with E-state index in [1.54, 1.807) is 24.2 Å². The Bertz CT molecular complexity index is 405. The van der Waals surface area contributed by atoms with Gasteiger partial charge in [0.25, 0.3) is 0 Å². The first-order chi connectivity index (χ1) is 7.95. The maximum Gasteiger partial charge on any atom is 0.244 e. The molecule has 17 heavy (non-hydrogen) atoms. The lowest BCUT2D eigenvalue weighted by Crippen LogP contribution is -2.39. The fraction of sp³-hybridized carbons (Fsp3) is 0.500. The van der Waals surface area contributed by atoms with Crippen LogP contribution < -0.4 is 11.1 Å². The lowest BCUT2D eigenvalue weighted by Gasteiger charge is -2.21. The molecule has 0 aliphatic heterocycles. The SMILES string of the molecule is CCN(C)C(=O)C(C)Nc1cc(N)c(C)cn1. The molecule has 1 amide bonds. The number of nitrogen functional groups attached to an aromatic ring is 1. The van der Waals surface area contributed by atoms with E-state index in [0.717, 1.165) is 5.56 Å². The molecule has 1 aromatic heterocycles. The molecule has 0 fully saturated rings. The summed E-state index contributed by atoms with van der Waals surface area (Å²) in [6.45, 7) is 6.33. The third kappa shape index (κ3) is 3.34.